The first-order valence-corrected chi connectivity index (χ1v) is 7.08. The Balaban J connectivity index is 1.71. The van der Waals surface area contributed by atoms with Gasteiger partial charge in [0.15, 0.2) is 0 Å². The van der Waals surface area contributed by atoms with Crippen molar-refractivity contribution < 1.29 is 0 Å². The highest BCUT2D eigenvalue weighted by atomic mass is 15.2. The Kier molecular flexibility index (Phi) is 3.64. The van der Waals surface area contributed by atoms with Crippen LogP contribution in [-0.4, -0.2) is 37.1 Å². The van der Waals surface area contributed by atoms with E-state index in [2.05, 4.69) is 40.7 Å². The summed E-state index contributed by atoms with van der Waals surface area (Å²) in [7, 11) is 0. The summed E-state index contributed by atoms with van der Waals surface area (Å²) in [4.78, 5) is 2.54. The first-order chi connectivity index (χ1) is 8.81. The van der Waals surface area contributed by atoms with Crippen LogP contribution in [0.5, 0.6) is 0 Å². The summed E-state index contributed by atoms with van der Waals surface area (Å²) in [5.74, 6) is 0. The van der Waals surface area contributed by atoms with E-state index >= 15 is 0 Å². The lowest BCUT2D eigenvalue weighted by Crippen LogP contribution is -2.42. The molecule has 0 saturated carbocycles. The quantitative estimate of drug-likeness (QED) is 0.818. The highest BCUT2D eigenvalue weighted by Gasteiger charge is 2.15. The van der Waals surface area contributed by atoms with Crippen LogP contribution in [0.4, 0.5) is 0 Å². The molecule has 1 fully saturated rings. The second-order valence-electron chi connectivity index (χ2n) is 5.62. The molecule has 0 amide bonds. The molecule has 3 rings (SSSR count). The van der Waals surface area contributed by atoms with Gasteiger partial charge in [-0.15, -0.1) is 0 Å². The first-order valence-electron chi connectivity index (χ1n) is 7.08. The third-order valence-electron chi connectivity index (χ3n) is 4.05. The predicted molar refractivity (Wildman–Crippen MR) is 74.6 cm³/mol. The van der Waals surface area contributed by atoms with Crippen molar-refractivity contribution in [3.63, 3.8) is 0 Å². The molecule has 0 spiro atoms. The zero-order valence-electron chi connectivity index (χ0n) is 11.2. The minimum Gasteiger partial charge on any atom is -0.314 e. The van der Waals surface area contributed by atoms with Gasteiger partial charge in [-0.2, -0.15) is 0 Å². The molecule has 1 saturated heterocycles. The fourth-order valence-corrected chi connectivity index (χ4v) is 2.95. The molecule has 1 unspecified atom stereocenters. The molecule has 3 nitrogen and oxygen atoms in total. The van der Waals surface area contributed by atoms with Crippen molar-refractivity contribution in [1.82, 2.24) is 15.5 Å². The van der Waals surface area contributed by atoms with E-state index in [4.69, 9.17) is 0 Å². The Morgan fingerprint density at radius 2 is 2.06 bits per heavy atom. The molecule has 1 aromatic carbocycles. The number of hydrogen-bond acceptors (Lipinski definition) is 3. The zero-order valence-corrected chi connectivity index (χ0v) is 11.2. The molecule has 1 aromatic rings. The Morgan fingerprint density at radius 1 is 1.22 bits per heavy atom. The smallest absolute Gasteiger partial charge is 0.0234 e. The molecule has 2 heterocycles. The van der Waals surface area contributed by atoms with Gasteiger partial charge < -0.3 is 10.6 Å². The van der Waals surface area contributed by atoms with E-state index in [1.165, 1.54) is 30.6 Å². The Morgan fingerprint density at radius 3 is 2.89 bits per heavy atom. The van der Waals surface area contributed by atoms with Gasteiger partial charge in [0.25, 0.3) is 0 Å². The van der Waals surface area contributed by atoms with Crippen molar-refractivity contribution in [2.24, 2.45) is 0 Å². The monoisotopic (exact) mass is 245 g/mol. The molecule has 2 N–H and O–H groups in total. The van der Waals surface area contributed by atoms with Crippen molar-refractivity contribution in [1.29, 1.82) is 0 Å². The maximum absolute atomic E-state index is 3.52. The minimum absolute atomic E-state index is 0.618. The Labute approximate surface area is 110 Å². The van der Waals surface area contributed by atoms with Gasteiger partial charge in [-0.25, -0.2) is 0 Å². The number of hydrogen-bond donors (Lipinski definition) is 2. The van der Waals surface area contributed by atoms with Gasteiger partial charge in [-0.05, 0) is 30.0 Å². The third-order valence-corrected chi connectivity index (χ3v) is 4.05. The van der Waals surface area contributed by atoms with Crippen LogP contribution in [-0.2, 0) is 19.5 Å². The van der Waals surface area contributed by atoms with E-state index in [9.17, 15) is 0 Å². The second-order valence-corrected chi connectivity index (χ2v) is 5.62. The summed E-state index contributed by atoms with van der Waals surface area (Å²) >= 11 is 0. The molecule has 98 valence electrons. The van der Waals surface area contributed by atoms with Gasteiger partial charge in [-0.3, -0.25) is 4.90 Å². The number of rotatable bonds is 2. The average Bonchev–Trinajstić information content (AvgIpc) is 2.39. The van der Waals surface area contributed by atoms with Gasteiger partial charge in [0.2, 0.25) is 0 Å². The molecule has 2 aliphatic heterocycles. The lowest BCUT2D eigenvalue weighted by molar-refractivity contribution is 0.233. The number of nitrogens with zero attached hydrogens (tertiary/aromatic N) is 1. The van der Waals surface area contributed by atoms with Crippen LogP contribution in [0.2, 0.25) is 0 Å². The third kappa shape index (κ3) is 2.74. The number of fused-ring (bicyclic) bond motifs is 1. The topological polar surface area (TPSA) is 27.3 Å². The Bertz CT molecular complexity index is 410. The van der Waals surface area contributed by atoms with E-state index in [0.717, 1.165) is 26.2 Å². The SMILES string of the molecule is CC1Cc2cc(CN3CCNCC3)ccc2CN1. The fourth-order valence-electron chi connectivity index (χ4n) is 2.95. The van der Waals surface area contributed by atoms with Crippen LogP contribution in [0, 0.1) is 0 Å². The number of nitrogens with one attached hydrogen (secondary N) is 2. The van der Waals surface area contributed by atoms with Crippen LogP contribution >= 0.6 is 0 Å². The van der Waals surface area contributed by atoms with E-state index < -0.39 is 0 Å². The lowest BCUT2D eigenvalue weighted by Gasteiger charge is -2.28. The molecule has 2 aliphatic rings. The predicted octanol–water partition coefficient (Wildman–Crippen LogP) is 1.13. The lowest BCUT2D eigenvalue weighted by atomic mass is 9.94. The maximum atomic E-state index is 3.52. The second kappa shape index (κ2) is 5.39. The van der Waals surface area contributed by atoms with Crippen LogP contribution in [0.15, 0.2) is 18.2 Å². The van der Waals surface area contributed by atoms with Gasteiger partial charge >= 0.3 is 0 Å². The normalized spacial score (nSPS) is 24.8. The Hall–Kier alpha value is -0.900. The molecule has 1 atom stereocenters. The van der Waals surface area contributed by atoms with E-state index in [1.807, 2.05) is 0 Å². The molecule has 18 heavy (non-hydrogen) atoms. The number of benzene rings is 1. The molecule has 3 heteroatoms. The van der Waals surface area contributed by atoms with Crippen molar-refractivity contribution in [2.75, 3.05) is 26.2 Å². The summed E-state index contributed by atoms with van der Waals surface area (Å²) in [6, 6.07) is 7.66. The van der Waals surface area contributed by atoms with Gasteiger partial charge in [0.05, 0.1) is 0 Å². The average molecular weight is 245 g/mol. The van der Waals surface area contributed by atoms with E-state index in [1.54, 1.807) is 5.56 Å². The molecular weight excluding hydrogens is 222 g/mol. The van der Waals surface area contributed by atoms with Gasteiger partial charge in [0, 0.05) is 45.3 Å². The highest BCUT2D eigenvalue weighted by molar-refractivity contribution is 5.34. The van der Waals surface area contributed by atoms with E-state index in [0.29, 0.717) is 6.04 Å². The van der Waals surface area contributed by atoms with E-state index in [-0.39, 0.29) is 0 Å². The molecule has 0 aromatic heterocycles. The highest BCUT2D eigenvalue weighted by Crippen LogP contribution is 2.19. The van der Waals surface area contributed by atoms with Crippen molar-refractivity contribution >= 4 is 0 Å². The van der Waals surface area contributed by atoms with Crippen molar-refractivity contribution in [3.8, 4) is 0 Å². The summed E-state index contributed by atoms with van der Waals surface area (Å²) in [6.45, 7) is 9.02. The molecule has 0 aliphatic carbocycles. The van der Waals surface area contributed by atoms with Crippen molar-refractivity contribution in [3.05, 3.63) is 34.9 Å². The first kappa shape index (κ1) is 12.2. The van der Waals surface area contributed by atoms with Crippen molar-refractivity contribution in [2.45, 2.75) is 32.5 Å². The number of piperazine rings is 1. The minimum atomic E-state index is 0.618. The summed E-state index contributed by atoms with van der Waals surface area (Å²) in [5, 5.41) is 6.93. The summed E-state index contributed by atoms with van der Waals surface area (Å²) in [5.41, 5.74) is 4.51. The van der Waals surface area contributed by atoms with Gasteiger partial charge in [0.1, 0.15) is 0 Å². The molecule has 0 radical (unpaired) electrons. The summed E-state index contributed by atoms with van der Waals surface area (Å²) in [6.07, 6.45) is 1.17. The van der Waals surface area contributed by atoms with Crippen LogP contribution in [0.1, 0.15) is 23.6 Å². The summed E-state index contributed by atoms with van der Waals surface area (Å²) < 4.78 is 0. The van der Waals surface area contributed by atoms with Gasteiger partial charge in [-0.1, -0.05) is 18.2 Å². The zero-order chi connectivity index (χ0) is 12.4. The molecular formula is C15H23N3. The maximum Gasteiger partial charge on any atom is 0.0234 e. The molecule has 0 bridgehead atoms. The fraction of sp³-hybridized carbons (Fsp3) is 0.600. The standard InChI is InChI=1S/C15H23N3/c1-12-8-15-9-13(2-3-14(15)10-17-12)11-18-6-4-16-5-7-18/h2-3,9,12,16-17H,4-8,10-11H2,1H3. The van der Waals surface area contributed by atoms with Crippen LogP contribution in [0.25, 0.3) is 0 Å². The van der Waals surface area contributed by atoms with Crippen LogP contribution in [0.3, 0.4) is 0 Å². The van der Waals surface area contributed by atoms with Crippen LogP contribution < -0.4 is 10.6 Å². The largest absolute Gasteiger partial charge is 0.314 e.